The predicted molar refractivity (Wildman–Crippen MR) is 89.0 cm³/mol. The molecule has 25 heavy (non-hydrogen) atoms. The van der Waals surface area contributed by atoms with Gasteiger partial charge in [0.2, 0.25) is 5.95 Å². The van der Waals surface area contributed by atoms with Gasteiger partial charge in [-0.2, -0.15) is 18.2 Å². The molecule has 0 amide bonds. The van der Waals surface area contributed by atoms with Crippen molar-refractivity contribution in [2.24, 2.45) is 0 Å². The molecule has 3 N–H and O–H groups in total. The Labute approximate surface area is 143 Å². The Morgan fingerprint density at radius 2 is 1.96 bits per heavy atom. The van der Waals surface area contributed by atoms with Gasteiger partial charge in [0.15, 0.2) is 0 Å². The van der Waals surface area contributed by atoms with Crippen LogP contribution in [0.2, 0.25) is 0 Å². The standard InChI is InChI=1S/C17H19F3N4O/c1-10-2-5-12(8-13(10)17(18,19)20)22-15-9-14(11-3-4-11)23-16(24-15)21-6-7-25/h2,5,8-9,11,25H,3-4,6-7H2,1H3,(H2,21,22,23,24). The molecule has 1 aliphatic carbocycles. The average Bonchev–Trinajstić information content (AvgIpc) is 3.38. The summed E-state index contributed by atoms with van der Waals surface area (Å²) in [7, 11) is 0. The van der Waals surface area contributed by atoms with Crippen LogP contribution in [0.4, 0.5) is 30.6 Å². The van der Waals surface area contributed by atoms with Crippen LogP contribution in [0, 0.1) is 6.92 Å². The van der Waals surface area contributed by atoms with E-state index in [9.17, 15) is 13.2 Å². The first-order chi connectivity index (χ1) is 11.9. The molecule has 0 unspecified atom stereocenters. The summed E-state index contributed by atoms with van der Waals surface area (Å²) in [5, 5.41) is 14.7. The van der Waals surface area contributed by atoms with E-state index in [2.05, 4.69) is 20.6 Å². The minimum atomic E-state index is -4.40. The van der Waals surface area contributed by atoms with Crippen LogP contribution in [0.5, 0.6) is 0 Å². The Morgan fingerprint density at radius 3 is 2.60 bits per heavy atom. The third kappa shape index (κ3) is 4.39. The van der Waals surface area contributed by atoms with Crippen LogP contribution in [-0.2, 0) is 6.18 Å². The molecule has 134 valence electrons. The maximum absolute atomic E-state index is 13.1. The fourth-order valence-corrected chi connectivity index (χ4v) is 2.52. The number of alkyl halides is 3. The van der Waals surface area contributed by atoms with E-state index in [1.165, 1.54) is 13.0 Å². The molecule has 0 atom stereocenters. The lowest BCUT2D eigenvalue weighted by molar-refractivity contribution is -0.138. The third-order valence-electron chi connectivity index (χ3n) is 3.95. The molecule has 1 aromatic carbocycles. The number of halogens is 3. The molecule has 1 aliphatic rings. The number of anilines is 3. The molecule has 3 rings (SSSR count). The quantitative estimate of drug-likeness (QED) is 0.737. The number of aliphatic hydroxyl groups excluding tert-OH is 1. The van der Waals surface area contributed by atoms with Crippen molar-refractivity contribution in [3.63, 3.8) is 0 Å². The molecule has 0 bridgehead atoms. The summed E-state index contributed by atoms with van der Waals surface area (Å²) < 4.78 is 39.2. The lowest BCUT2D eigenvalue weighted by Gasteiger charge is -2.14. The predicted octanol–water partition coefficient (Wildman–Crippen LogP) is 3.83. The van der Waals surface area contributed by atoms with Gasteiger partial charge in [-0.3, -0.25) is 0 Å². The second-order valence-corrected chi connectivity index (χ2v) is 6.08. The molecule has 0 aliphatic heterocycles. The van der Waals surface area contributed by atoms with Crippen LogP contribution in [0.1, 0.15) is 35.6 Å². The molecule has 0 radical (unpaired) electrons. The van der Waals surface area contributed by atoms with Crippen molar-refractivity contribution in [1.82, 2.24) is 9.97 Å². The molecular formula is C17H19F3N4O. The molecule has 1 saturated carbocycles. The summed E-state index contributed by atoms with van der Waals surface area (Å²) in [6, 6.07) is 5.85. The Balaban J connectivity index is 1.88. The maximum Gasteiger partial charge on any atom is 0.416 e. The molecule has 0 saturated heterocycles. The van der Waals surface area contributed by atoms with E-state index < -0.39 is 11.7 Å². The van der Waals surface area contributed by atoms with Crippen molar-refractivity contribution in [2.45, 2.75) is 31.9 Å². The number of aromatic nitrogens is 2. The Kier molecular flexibility index (Phi) is 4.80. The SMILES string of the molecule is Cc1ccc(Nc2cc(C3CC3)nc(NCCO)n2)cc1C(F)(F)F. The van der Waals surface area contributed by atoms with Crippen molar-refractivity contribution in [3.05, 3.63) is 41.1 Å². The first-order valence-corrected chi connectivity index (χ1v) is 8.05. The number of hydrogen-bond donors (Lipinski definition) is 3. The zero-order chi connectivity index (χ0) is 18.0. The van der Waals surface area contributed by atoms with Crippen molar-refractivity contribution in [3.8, 4) is 0 Å². The van der Waals surface area contributed by atoms with Crippen LogP contribution in [0.15, 0.2) is 24.3 Å². The van der Waals surface area contributed by atoms with Crippen molar-refractivity contribution in [1.29, 1.82) is 0 Å². The van der Waals surface area contributed by atoms with Crippen LogP contribution in [0.25, 0.3) is 0 Å². The average molecular weight is 352 g/mol. The fourth-order valence-electron chi connectivity index (χ4n) is 2.52. The molecule has 2 aromatic rings. The number of hydrogen-bond acceptors (Lipinski definition) is 5. The van der Waals surface area contributed by atoms with Crippen LogP contribution < -0.4 is 10.6 Å². The molecular weight excluding hydrogens is 333 g/mol. The van der Waals surface area contributed by atoms with Crippen LogP contribution in [0.3, 0.4) is 0 Å². The first kappa shape index (κ1) is 17.5. The van der Waals surface area contributed by atoms with Gasteiger partial charge in [0.05, 0.1) is 17.9 Å². The summed E-state index contributed by atoms with van der Waals surface area (Å²) in [5.41, 5.74) is 0.657. The highest BCUT2D eigenvalue weighted by molar-refractivity contribution is 5.60. The summed E-state index contributed by atoms with van der Waals surface area (Å²) in [6.07, 6.45) is -2.32. The van der Waals surface area contributed by atoms with E-state index in [0.29, 0.717) is 29.9 Å². The highest BCUT2D eigenvalue weighted by Crippen LogP contribution is 2.40. The Morgan fingerprint density at radius 1 is 1.20 bits per heavy atom. The second-order valence-electron chi connectivity index (χ2n) is 6.08. The summed E-state index contributed by atoms with van der Waals surface area (Å²) in [6.45, 7) is 1.67. The van der Waals surface area contributed by atoms with Gasteiger partial charge in [0.1, 0.15) is 5.82 Å². The number of nitrogens with zero attached hydrogens (tertiary/aromatic N) is 2. The number of aryl methyl sites for hydroxylation is 1. The van der Waals surface area contributed by atoms with Gasteiger partial charge in [-0.1, -0.05) is 6.07 Å². The topological polar surface area (TPSA) is 70.1 Å². The zero-order valence-corrected chi connectivity index (χ0v) is 13.7. The Bertz CT molecular complexity index is 760. The van der Waals surface area contributed by atoms with Crippen molar-refractivity contribution in [2.75, 3.05) is 23.8 Å². The number of benzene rings is 1. The van der Waals surface area contributed by atoms with Gasteiger partial charge in [-0.15, -0.1) is 0 Å². The van der Waals surface area contributed by atoms with Gasteiger partial charge in [0, 0.05) is 24.2 Å². The largest absolute Gasteiger partial charge is 0.416 e. The fraction of sp³-hybridized carbons (Fsp3) is 0.412. The van der Waals surface area contributed by atoms with Gasteiger partial charge in [0.25, 0.3) is 0 Å². The number of rotatable bonds is 6. The smallest absolute Gasteiger partial charge is 0.395 e. The van der Waals surface area contributed by atoms with E-state index in [1.54, 1.807) is 12.1 Å². The lowest BCUT2D eigenvalue weighted by atomic mass is 10.1. The molecule has 0 spiro atoms. The first-order valence-electron chi connectivity index (χ1n) is 8.05. The minimum Gasteiger partial charge on any atom is -0.395 e. The molecule has 1 heterocycles. The van der Waals surface area contributed by atoms with E-state index in [1.807, 2.05) is 0 Å². The van der Waals surface area contributed by atoms with Crippen LogP contribution >= 0.6 is 0 Å². The highest BCUT2D eigenvalue weighted by atomic mass is 19.4. The molecule has 1 fully saturated rings. The van der Waals surface area contributed by atoms with Gasteiger partial charge in [-0.25, -0.2) is 4.98 Å². The van der Waals surface area contributed by atoms with Gasteiger partial charge < -0.3 is 15.7 Å². The van der Waals surface area contributed by atoms with E-state index in [-0.39, 0.29) is 12.2 Å². The highest BCUT2D eigenvalue weighted by Gasteiger charge is 2.32. The van der Waals surface area contributed by atoms with Crippen LogP contribution in [-0.4, -0.2) is 28.2 Å². The van der Waals surface area contributed by atoms with Crippen molar-refractivity contribution >= 4 is 17.5 Å². The van der Waals surface area contributed by atoms with Gasteiger partial charge in [-0.05, 0) is 37.5 Å². The zero-order valence-electron chi connectivity index (χ0n) is 13.7. The van der Waals surface area contributed by atoms with Crippen molar-refractivity contribution < 1.29 is 18.3 Å². The maximum atomic E-state index is 13.1. The lowest BCUT2D eigenvalue weighted by Crippen LogP contribution is -2.11. The summed E-state index contributed by atoms with van der Waals surface area (Å²) in [4.78, 5) is 8.66. The van der Waals surface area contributed by atoms with Gasteiger partial charge >= 0.3 is 6.18 Å². The summed E-state index contributed by atoms with van der Waals surface area (Å²) in [5.74, 6) is 1.14. The monoisotopic (exact) mass is 352 g/mol. The number of aliphatic hydroxyl groups is 1. The minimum absolute atomic E-state index is 0.0628. The molecule has 5 nitrogen and oxygen atoms in total. The van der Waals surface area contributed by atoms with E-state index >= 15 is 0 Å². The third-order valence-corrected chi connectivity index (χ3v) is 3.95. The second kappa shape index (κ2) is 6.87. The molecule has 1 aromatic heterocycles. The molecule has 8 heteroatoms. The van der Waals surface area contributed by atoms with E-state index in [0.717, 1.165) is 24.6 Å². The summed E-state index contributed by atoms with van der Waals surface area (Å²) >= 11 is 0. The Hall–Kier alpha value is -2.35. The normalized spacial score (nSPS) is 14.4. The number of nitrogens with one attached hydrogen (secondary N) is 2. The van der Waals surface area contributed by atoms with E-state index in [4.69, 9.17) is 5.11 Å².